The highest BCUT2D eigenvalue weighted by atomic mass is 79.9. The summed E-state index contributed by atoms with van der Waals surface area (Å²) in [5.74, 6) is -0.286. The minimum absolute atomic E-state index is 0.286. The van der Waals surface area contributed by atoms with Crippen molar-refractivity contribution >= 4 is 44.8 Å². The monoisotopic (exact) mass is 352 g/mol. The lowest BCUT2D eigenvalue weighted by Gasteiger charge is -2.12. The zero-order valence-electron chi connectivity index (χ0n) is 11.1. The first-order valence-corrected chi connectivity index (χ1v) is 7.18. The molecule has 0 saturated heterocycles. The second-order valence-electron chi connectivity index (χ2n) is 4.60. The van der Waals surface area contributed by atoms with Crippen molar-refractivity contribution in [1.82, 2.24) is 0 Å². The number of rotatable bonds is 2. The van der Waals surface area contributed by atoms with Crippen LogP contribution >= 0.6 is 27.5 Å². The van der Waals surface area contributed by atoms with E-state index in [1.54, 1.807) is 18.2 Å². The fourth-order valence-corrected chi connectivity index (χ4v) is 2.37. The van der Waals surface area contributed by atoms with E-state index < -0.39 is 0 Å². The van der Waals surface area contributed by atoms with Gasteiger partial charge in [0.2, 0.25) is 0 Å². The molecule has 0 aliphatic rings. The Morgan fingerprint density at radius 1 is 1.20 bits per heavy atom. The highest BCUT2D eigenvalue weighted by Crippen LogP contribution is 2.26. The molecule has 0 aromatic heterocycles. The molecule has 2 aromatic carbocycles. The summed E-state index contributed by atoms with van der Waals surface area (Å²) in [5.41, 5.74) is 9.60. The molecule has 104 valence electrons. The summed E-state index contributed by atoms with van der Waals surface area (Å²) in [7, 11) is 0. The minimum atomic E-state index is -0.286. The van der Waals surface area contributed by atoms with E-state index in [2.05, 4.69) is 21.2 Å². The van der Waals surface area contributed by atoms with Crippen molar-refractivity contribution in [2.45, 2.75) is 13.8 Å². The molecule has 0 radical (unpaired) electrons. The molecule has 0 aliphatic heterocycles. The molecular weight excluding hydrogens is 340 g/mol. The first kappa shape index (κ1) is 14.9. The van der Waals surface area contributed by atoms with Crippen LogP contribution in [-0.2, 0) is 0 Å². The Labute approximate surface area is 131 Å². The van der Waals surface area contributed by atoms with Crippen LogP contribution in [0.1, 0.15) is 21.5 Å². The predicted octanol–water partition coefficient (Wildman–Crippen LogP) is 4.55. The molecule has 5 heteroatoms. The van der Waals surface area contributed by atoms with Crippen molar-refractivity contribution in [3.8, 4) is 0 Å². The fraction of sp³-hybridized carbons (Fsp3) is 0.133. The van der Waals surface area contributed by atoms with E-state index in [1.807, 2.05) is 26.0 Å². The maximum Gasteiger partial charge on any atom is 0.257 e. The van der Waals surface area contributed by atoms with Crippen LogP contribution < -0.4 is 11.1 Å². The van der Waals surface area contributed by atoms with E-state index >= 15 is 0 Å². The lowest BCUT2D eigenvalue weighted by Crippen LogP contribution is -2.14. The van der Waals surface area contributed by atoms with Gasteiger partial charge in [0.15, 0.2) is 0 Å². The minimum Gasteiger partial charge on any atom is -0.397 e. The number of benzene rings is 2. The molecule has 0 saturated carbocycles. The number of amides is 1. The van der Waals surface area contributed by atoms with Crippen LogP contribution in [0.15, 0.2) is 34.8 Å². The number of carbonyl (C=O) groups excluding carboxylic acids is 1. The summed E-state index contributed by atoms with van der Waals surface area (Å²) in [6.07, 6.45) is 0. The molecule has 3 nitrogen and oxygen atoms in total. The third-order valence-corrected chi connectivity index (χ3v) is 3.91. The second-order valence-corrected chi connectivity index (χ2v) is 5.92. The van der Waals surface area contributed by atoms with Gasteiger partial charge in [-0.3, -0.25) is 4.79 Å². The van der Waals surface area contributed by atoms with Gasteiger partial charge in [-0.1, -0.05) is 27.5 Å². The van der Waals surface area contributed by atoms with Gasteiger partial charge in [-0.2, -0.15) is 0 Å². The van der Waals surface area contributed by atoms with Crippen molar-refractivity contribution in [2.75, 3.05) is 11.1 Å². The van der Waals surface area contributed by atoms with Crippen LogP contribution in [0, 0.1) is 13.8 Å². The normalized spacial score (nSPS) is 10.4. The molecular formula is C15H14BrClN2O. The molecule has 0 bridgehead atoms. The Bertz CT molecular complexity index is 686. The lowest BCUT2D eigenvalue weighted by molar-refractivity contribution is 0.102. The Morgan fingerprint density at radius 3 is 2.55 bits per heavy atom. The van der Waals surface area contributed by atoms with Gasteiger partial charge in [0.05, 0.1) is 22.0 Å². The van der Waals surface area contributed by atoms with Crippen molar-refractivity contribution in [2.24, 2.45) is 0 Å². The zero-order valence-corrected chi connectivity index (χ0v) is 13.5. The van der Waals surface area contributed by atoms with E-state index in [-0.39, 0.29) is 5.91 Å². The van der Waals surface area contributed by atoms with Crippen molar-refractivity contribution in [3.05, 3.63) is 56.5 Å². The molecule has 1 amide bonds. The smallest absolute Gasteiger partial charge is 0.257 e. The summed E-state index contributed by atoms with van der Waals surface area (Å²) < 4.78 is 0.792. The van der Waals surface area contributed by atoms with Crippen LogP contribution in [0.4, 0.5) is 11.4 Å². The predicted molar refractivity (Wildman–Crippen MR) is 87.4 cm³/mol. The molecule has 0 spiro atoms. The topological polar surface area (TPSA) is 55.1 Å². The van der Waals surface area contributed by atoms with Gasteiger partial charge in [-0.05, 0) is 55.3 Å². The van der Waals surface area contributed by atoms with Gasteiger partial charge in [0, 0.05) is 4.47 Å². The molecule has 20 heavy (non-hydrogen) atoms. The van der Waals surface area contributed by atoms with Crippen LogP contribution in [0.3, 0.4) is 0 Å². The van der Waals surface area contributed by atoms with E-state index in [0.717, 1.165) is 15.6 Å². The maximum absolute atomic E-state index is 12.3. The zero-order chi connectivity index (χ0) is 14.9. The highest BCUT2D eigenvalue weighted by Gasteiger charge is 2.13. The van der Waals surface area contributed by atoms with E-state index in [1.165, 1.54) is 0 Å². The number of nitrogens with one attached hydrogen (secondary N) is 1. The molecule has 0 fully saturated rings. The van der Waals surface area contributed by atoms with Gasteiger partial charge >= 0.3 is 0 Å². The molecule has 3 N–H and O–H groups in total. The van der Waals surface area contributed by atoms with E-state index in [4.69, 9.17) is 17.3 Å². The number of hydrogen-bond donors (Lipinski definition) is 2. The summed E-state index contributed by atoms with van der Waals surface area (Å²) in [4.78, 5) is 12.3. The van der Waals surface area contributed by atoms with Gasteiger partial charge < -0.3 is 11.1 Å². The standard InChI is InChI=1S/C15H14BrClN2O/c1-8-5-13(18)14(6-9(8)2)19-15(20)11-7-10(16)3-4-12(11)17/h3-7H,18H2,1-2H3,(H,19,20). The lowest BCUT2D eigenvalue weighted by atomic mass is 10.1. The maximum atomic E-state index is 12.3. The summed E-state index contributed by atoms with van der Waals surface area (Å²) in [6.45, 7) is 3.94. The van der Waals surface area contributed by atoms with E-state index in [0.29, 0.717) is 22.0 Å². The van der Waals surface area contributed by atoms with Crippen LogP contribution in [0.25, 0.3) is 0 Å². The van der Waals surface area contributed by atoms with Crippen molar-refractivity contribution in [1.29, 1.82) is 0 Å². The Kier molecular flexibility index (Phi) is 4.35. The Balaban J connectivity index is 2.32. The molecule has 0 atom stereocenters. The third kappa shape index (κ3) is 3.14. The van der Waals surface area contributed by atoms with Crippen molar-refractivity contribution < 1.29 is 4.79 Å². The molecule has 2 rings (SSSR count). The number of halogens is 2. The first-order chi connectivity index (χ1) is 9.38. The van der Waals surface area contributed by atoms with Crippen molar-refractivity contribution in [3.63, 3.8) is 0 Å². The number of carbonyl (C=O) groups is 1. The second kappa shape index (κ2) is 5.85. The fourth-order valence-electron chi connectivity index (χ4n) is 1.81. The Hall–Kier alpha value is -1.52. The number of nitrogen functional groups attached to an aromatic ring is 1. The molecule has 0 heterocycles. The van der Waals surface area contributed by atoms with Gasteiger partial charge in [-0.25, -0.2) is 0 Å². The first-order valence-electron chi connectivity index (χ1n) is 6.01. The highest BCUT2D eigenvalue weighted by molar-refractivity contribution is 9.10. The van der Waals surface area contributed by atoms with Crippen LogP contribution in [0.5, 0.6) is 0 Å². The summed E-state index contributed by atoms with van der Waals surface area (Å²) >= 11 is 9.36. The summed E-state index contributed by atoms with van der Waals surface area (Å²) in [5, 5.41) is 3.19. The quantitative estimate of drug-likeness (QED) is 0.778. The number of anilines is 2. The number of hydrogen-bond acceptors (Lipinski definition) is 2. The third-order valence-electron chi connectivity index (χ3n) is 3.09. The average molecular weight is 354 g/mol. The van der Waals surface area contributed by atoms with Gasteiger partial charge in [-0.15, -0.1) is 0 Å². The summed E-state index contributed by atoms with van der Waals surface area (Å²) in [6, 6.07) is 8.82. The van der Waals surface area contributed by atoms with Gasteiger partial charge in [0.25, 0.3) is 5.91 Å². The van der Waals surface area contributed by atoms with Crippen LogP contribution in [0.2, 0.25) is 5.02 Å². The number of aryl methyl sites for hydroxylation is 2. The molecule has 0 unspecified atom stereocenters. The van der Waals surface area contributed by atoms with Gasteiger partial charge in [0.1, 0.15) is 0 Å². The SMILES string of the molecule is Cc1cc(N)c(NC(=O)c2cc(Br)ccc2Cl)cc1C. The molecule has 0 aliphatic carbocycles. The molecule has 2 aromatic rings. The number of nitrogens with two attached hydrogens (primary N) is 1. The largest absolute Gasteiger partial charge is 0.397 e. The van der Waals surface area contributed by atoms with E-state index in [9.17, 15) is 4.79 Å². The Morgan fingerprint density at radius 2 is 1.85 bits per heavy atom. The average Bonchev–Trinajstić information content (AvgIpc) is 2.38. The van der Waals surface area contributed by atoms with Crippen LogP contribution in [-0.4, -0.2) is 5.91 Å².